The zero-order valence-electron chi connectivity index (χ0n) is 10.9. The molecule has 0 spiro atoms. The average molecular weight is 236 g/mol. The van der Waals surface area contributed by atoms with Crippen LogP contribution in [0, 0.1) is 5.41 Å². The van der Waals surface area contributed by atoms with Crippen molar-refractivity contribution in [2.45, 2.75) is 33.8 Å². The third-order valence-electron chi connectivity index (χ3n) is 2.47. The summed E-state index contributed by atoms with van der Waals surface area (Å²) in [5.74, 6) is 0.598. The summed E-state index contributed by atoms with van der Waals surface area (Å²) in [7, 11) is 0. The Kier molecular flexibility index (Phi) is 4.23. The minimum atomic E-state index is -0.571. The van der Waals surface area contributed by atoms with Gasteiger partial charge in [0, 0.05) is 23.7 Å². The lowest BCUT2D eigenvalue weighted by atomic mass is 9.85. The van der Waals surface area contributed by atoms with Crippen LogP contribution in [-0.4, -0.2) is 23.4 Å². The van der Waals surface area contributed by atoms with Gasteiger partial charge in [0.05, 0.1) is 12.3 Å². The molecule has 0 bridgehead atoms. The second-order valence-electron chi connectivity index (χ2n) is 4.99. The number of ether oxygens (including phenoxy) is 1. The van der Waals surface area contributed by atoms with Gasteiger partial charge in [-0.05, 0) is 19.9 Å². The third kappa shape index (κ3) is 3.53. The summed E-state index contributed by atoms with van der Waals surface area (Å²) in [6, 6.07) is 1.72. The molecule has 0 atom stereocenters. The van der Waals surface area contributed by atoms with Crippen LogP contribution in [0.25, 0.3) is 0 Å². The molecule has 0 saturated heterocycles. The molecule has 0 aliphatic rings. The summed E-state index contributed by atoms with van der Waals surface area (Å²) in [6.45, 7) is 7.81. The number of pyridine rings is 1. The van der Waals surface area contributed by atoms with Crippen LogP contribution in [0.3, 0.4) is 0 Å². The number of nitrogens with two attached hydrogens (primary N) is 1. The first-order valence-corrected chi connectivity index (χ1v) is 5.73. The molecule has 0 aromatic carbocycles. The largest absolute Gasteiger partial charge is 0.489 e. The first-order valence-electron chi connectivity index (χ1n) is 5.73. The van der Waals surface area contributed by atoms with E-state index >= 15 is 0 Å². The zero-order valence-corrected chi connectivity index (χ0v) is 10.9. The number of nitrogens with zero attached hydrogens (tertiary/aromatic N) is 1. The fourth-order valence-electron chi connectivity index (χ4n) is 1.36. The Morgan fingerprint density at radius 2 is 2.12 bits per heavy atom. The fourth-order valence-corrected chi connectivity index (χ4v) is 1.36. The van der Waals surface area contributed by atoms with Crippen LogP contribution in [0.15, 0.2) is 18.5 Å². The second-order valence-corrected chi connectivity index (χ2v) is 4.99. The van der Waals surface area contributed by atoms with E-state index < -0.39 is 5.41 Å². The van der Waals surface area contributed by atoms with Gasteiger partial charge >= 0.3 is 0 Å². The molecule has 94 valence electrons. The van der Waals surface area contributed by atoms with Gasteiger partial charge in [-0.3, -0.25) is 9.78 Å². The van der Waals surface area contributed by atoms with Gasteiger partial charge in [0.25, 0.3) is 0 Å². The van der Waals surface area contributed by atoms with E-state index in [1.54, 1.807) is 18.5 Å². The van der Waals surface area contributed by atoms with E-state index in [1.165, 1.54) is 0 Å². The van der Waals surface area contributed by atoms with E-state index in [2.05, 4.69) is 4.98 Å². The number of carbonyl (C=O) groups excluding carboxylic acids is 1. The monoisotopic (exact) mass is 236 g/mol. The summed E-state index contributed by atoms with van der Waals surface area (Å²) < 4.78 is 5.51. The highest BCUT2D eigenvalue weighted by Gasteiger charge is 2.27. The molecule has 0 radical (unpaired) electrons. The number of rotatable bonds is 5. The van der Waals surface area contributed by atoms with Crippen molar-refractivity contribution in [1.29, 1.82) is 0 Å². The van der Waals surface area contributed by atoms with Crippen molar-refractivity contribution in [3.8, 4) is 5.75 Å². The molecule has 0 saturated carbocycles. The predicted molar refractivity (Wildman–Crippen MR) is 67.2 cm³/mol. The summed E-state index contributed by atoms with van der Waals surface area (Å²) in [5.41, 5.74) is 5.56. The van der Waals surface area contributed by atoms with Crippen LogP contribution >= 0.6 is 0 Å². The molecule has 1 aromatic rings. The topological polar surface area (TPSA) is 65.2 Å². The van der Waals surface area contributed by atoms with E-state index in [4.69, 9.17) is 10.5 Å². The first kappa shape index (κ1) is 13.6. The number of carbonyl (C=O) groups is 1. The number of aromatic nitrogens is 1. The van der Waals surface area contributed by atoms with Crippen molar-refractivity contribution < 1.29 is 9.53 Å². The van der Waals surface area contributed by atoms with Gasteiger partial charge < -0.3 is 10.5 Å². The quantitative estimate of drug-likeness (QED) is 0.794. The molecule has 1 heterocycles. The number of ketones is 1. The highest BCUT2D eigenvalue weighted by molar-refractivity contribution is 6.00. The molecule has 0 unspecified atom stereocenters. The van der Waals surface area contributed by atoms with E-state index in [9.17, 15) is 4.79 Å². The van der Waals surface area contributed by atoms with E-state index in [1.807, 2.05) is 27.7 Å². The maximum Gasteiger partial charge on any atom is 0.171 e. The smallest absolute Gasteiger partial charge is 0.171 e. The molecule has 1 aromatic heterocycles. The van der Waals surface area contributed by atoms with Crippen molar-refractivity contribution in [3.05, 3.63) is 24.0 Å². The van der Waals surface area contributed by atoms with Crippen molar-refractivity contribution in [2.75, 3.05) is 6.54 Å². The standard InChI is InChI=1S/C13H20N2O2/c1-9(2)17-11-5-10(6-15-7-11)12(16)13(3,4)8-14/h5-7,9H,8,14H2,1-4H3. The molecule has 0 aliphatic carbocycles. The Morgan fingerprint density at radius 1 is 1.47 bits per heavy atom. The molecule has 1 rings (SSSR count). The van der Waals surface area contributed by atoms with Crippen molar-refractivity contribution >= 4 is 5.78 Å². The van der Waals surface area contributed by atoms with Gasteiger partial charge in [0.1, 0.15) is 5.75 Å². The molecule has 0 amide bonds. The second kappa shape index (κ2) is 5.27. The summed E-state index contributed by atoms with van der Waals surface area (Å²) >= 11 is 0. The minimum Gasteiger partial charge on any atom is -0.489 e. The summed E-state index contributed by atoms with van der Waals surface area (Å²) in [4.78, 5) is 16.2. The van der Waals surface area contributed by atoms with E-state index in [-0.39, 0.29) is 11.9 Å². The van der Waals surface area contributed by atoms with Crippen LogP contribution in [0.1, 0.15) is 38.1 Å². The average Bonchev–Trinajstić information content (AvgIpc) is 2.27. The van der Waals surface area contributed by atoms with Gasteiger partial charge in [0.2, 0.25) is 0 Å². The highest BCUT2D eigenvalue weighted by atomic mass is 16.5. The van der Waals surface area contributed by atoms with E-state index in [0.717, 1.165) is 0 Å². The molecular weight excluding hydrogens is 216 g/mol. The minimum absolute atomic E-state index is 0.0123. The molecule has 4 heteroatoms. The Labute approximate surface area is 102 Å². The molecule has 0 fully saturated rings. The van der Waals surface area contributed by atoms with Crippen LogP contribution in [0.4, 0.5) is 0 Å². The number of hydrogen-bond donors (Lipinski definition) is 1. The molecule has 4 nitrogen and oxygen atoms in total. The van der Waals surface area contributed by atoms with Crippen LogP contribution < -0.4 is 10.5 Å². The fraction of sp³-hybridized carbons (Fsp3) is 0.538. The summed E-state index contributed by atoms with van der Waals surface area (Å²) in [6.07, 6.45) is 3.21. The number of Topliss-reactive ketones (excluding diaryl/α,β-unsaturated/α-hetero) is 1. The van der Waals surface area contributed by atoms with Gasteiger partial charge in [-0.25, -0.2) is 0 Å². The van der Waals surface area contributed by atoms with Gasteiger partial charge in [-0.1, -0.05) is 13.8 Å². The zero-order chi connectivity index (χ0) is 13.1. The lowest BCUT2D eigenvalue weighted by Crippen LogP contribution is -2.32. The number of hydrogen-bond acceptors (Lipinski definition) is 4. The Bertz CT molecular complexity index is 400. The van der Waals surface area contributed by atoms with Crippen LogP contribution in [-0.2, 0) is 0 Å². The van der Waals surface area contributed by atoms with Gasteiger partial charge in [-0.15, -0.1) is 0 Å². The van der Waals surface area contributed by atoms with Crippen molar-refractivity contribution in [1.82, 2.24) is 4.98 Å². The van der Waals surface area contributed by atoms with Gasteiger partial charge in [0.15, 0.2) is 5.78 Å². The maximum atomic E-state index is 12.2. The van der Waals surface area contributed by atoms with E-state index in [0.29, 0.717) is 17.9 Å². The lowest BCUT2D eigenvalue weighted by Gasteiger charge is -2.20. The Hall–Kier alpha value is -1.42. The molecule has 2 N–H and O–H groups in total. The molecule has 0 aliphatic heterocycles. The third-order valence-corrected chi connectivity index (χ3v) is 2.47. The SMILES string of the molecule is CC(C)Oc1cncc(C(=O)C(C)(C)CN)c1. The van der Waals surface area contributed by atoms with Crippen LogP contribution in [0.5, 0.6) is 5.75 Å². The van der Waals surface area contributed by atoms with Crippen molar-refractivity contribution in [2.24, 2.45) is 11.1 Å². The van der Waals surface area contributed by atoms with Crippen molar-refractivity contribution in [3.63, 3.8) is 0 Å². The van der Waals surface area contributed by atoms with Crippen LogP contribution in [0.2, 0.25) is 0 Å². The normalized spacial score (nSPS) is 11.6. The first-order chi connectivity index (χ1) is 7.86. The Morgan fingerprint density at radius 3 is 2.65 bits per heavy atom. The van der Waals surface area contributed by atoms with Gasteiger partial charge in [-0.2, -0.15) is 0 Å². The lowest BCUT2D eigenvalue weighted by molar-refractivity contribution is 0.0846. The highest BCUT2D eigenvalue weighted by Crippen LogP contribution is 2.22. The maximum absolute atomic E-state index is 12.2. The molecule has 17 heavy (non-hydrogen) atoms. The predicted octanol–water partition coefficient (Wildman–Crippen LogP) is 2.04. The Balaban J connectivity index is 2.96. The molecular formula is C13H20N2O2. The summed E-state index contributed by atoms with van der Waals surface area (Å²) in [5, 5.41) is 0.